The van der Waals surface area contributed by atoms with E-state index in [1.807, 2.05) is 20.8 Å². The van der Waals surface area contributed by atoms with Gasteiger partial charge in [0.1, 0.15) is 0 Å². The average molecular weight is 176 g/mol. The molecule has 0 atom stereocenters. The summed E-state index contributed by atoms with van der Waals surface area (Å²) in [5.74, 6) is 0. The summed E-state index contributed by atoms with van der Waals surface area (Å²) in [7, 11) is 0. The van der Waals surface area contributed by atoms with Crippen LogP contribution in [0.15, 0.2) is 47.6 Å². The van der Waals surface area contributed by atoms with Crippen molar-refractivity contribution >= 4 is 0 Å². The molecule has 0 saturated carbocycles. The van der Waals surface area contributed by atoms with E-state index in [0.29, 0.717) is 0 Å². The number of hydrogen-bond donors (Lipinski definition) is 0. The summed E-state index contributed by atoms with van der Waals surface area (Å²) < 4.78 is 0. The Morgan fingerprint density at radius 1 is 1.15 bits per heavy atom. The SMILES string of the molecule is C=C(C)C/C(C(=C)C)=C(C)/C=C\C. The van der Waals surface area contributed by atoms with Crippen LogP contribution in [0, 0.1) is 0 Å². The van der Waals surface area contributed by atoms with Gasteiger partial charge in [0.15, 0.2) is 0 Å². The third kappa shape index (κ3) is 4.51. The molecular formula is C13H20. The second kappa shape index (κ2) is 5.58. The van der Waals surface area contributed by atoms with Crippen molar-refractivity contribution in [2.24, 2.45) is 0 Å². The summed E-state index contributed by atoms with van der Waals surface area (Å²) in [6.45, 7) is 16.1. The van der Waals surface area contributed by atoms with E-state index in [9.17, 15) is 0 Å². The Kier molecular flexibility index (Phi) is 5.13. The van der Waals surface area contributed by atoms with Crippen molar-refractivity contribution in [3.63, 3.8) is 0 Å². The molecule has 0 aliphatic heterocycles. The zero-order valence-electron chi connectivity index (χ0n) is 9.28. The van der Waals surface area contributed by atoms with Crippen LogP contribution in [0.4, 0.5) is 0 Å². The van der Waals surface area contributed by atoms with Crippen LogP contribution in [0.25, 0.3) is 0 Å². The minimum absolute atomic E-state index is 0.936. The van der Waals surface area contributed by atoms with Crippen molar-refractivity contribution < 1.29 is 0 Å². The van der Waals surface area contributed by atoms with Crippen molar-refractivity contribution in [2.45, 2.75) is 34.1 Å². The molecule has 0 N–H and O–H groups in total. The fourth-order valence-electron chi connectivity index (χ4n) is 1.28. The zero-order chi connectivity index (χ0) is 10.4. The van der Waals surface area contributed by atoms with Crippen LogP contribution in [0.1, 0.15) is 34.1 Å². The van der Waals surface area contributed by atoms with Crippen LogP contribution in [0.2, 0.25) is 0 Å². The molecule has 0 aromatic rings. The highest BCUT2D eigenvalue weighted by atomic mass is 14.1. The first-order valence-corrected chi connectivity index (χ1v) is 4.61. The van der Waals surface area contributed by atoms with Gasteiger partial charge in [-0.1, -0.05) is 36.5 Å². The molecule has 0 fully saturated rings. The third-order valence-electron chi connectivity index (χ3n) is 1.89. The van der Waals surface area contributed by atoms with Gasteiger partial charge in [-0.3, -0.25) is 0 Å². The van der Waals surface area contributed by atoms with Crippen LogP contribution in [0.5, 0.6) is 0 Å². The lowest BCUT2D eigenvalue weighted by Crippen LogP contribution is -1.89. The number of allylic oxidation sites excluding steroid dienone is 6. The van der Waals surface area contributed by atoms with E-state index < -0.39 is 0 Å². The first-order valence-electron chi connectivity index (χ1n) is 4.61. The van der Waals surface area contributed by atoms with E-state index in [1.165, 1.54) is 16.7 Å². The summed E-state index contributed by atoms with van der Waals surface area (Å²) >= 11 is 0. The quantitative estimate of drug-likeness (QED) is 0.439. The van der Waals surface area contributed by atoms with E-state index in [0.717, 1.165) is 12.0 Å². The molecule has 0 spiro atoms. The molecule has 0 aliphatic carbocycles. The smallest absolute Gasteiger partial charge is 0.00675 e. The van der Waals surface area contributed by atoms with Gasteiger partial charge < -0.3 is 0 Å². The maximum Gasteiger partial charge on any atom is -0.00675 e. The van der Waals surface area contributed by atoms with Gasteiger partial charge in [0.25, 0.3) is 0 Å². The Balaban J connectivity index is 4.88. The summed E-state index contributed by atoms with van der Waals surface area (Å²) in [6.07, 6.45) is 5.11. The fraction of sp³-hybridized carbons (Fsp3) is 0.385. The van der Waals surface area contributed by atoms with E-state index in [2.05, 4.69) is 32.2 Å². The second-order valence-electron chi connectivity index (χ2n) is 3.58. The van der Waals surface area contributed by atoms with Crippen LogP contribution in [-0.2, 0) is 0 Å². The summed E-state index contributed by atoms with van der Waals surface area (Å²) in [6, 6.07) is 0. The van der Waals surface area contributed by atoms with Gasteiger partial charge in [0, 0.05) is 0 Å². The van der Waals surface area contributed by atoms with Gasteiger partial charge in [-0.2, -0.15) is 0 Å². The Labute approximate surface area is 82.4 Å². The lowest BCUT2D eigenvalue weighted by atomic mass is 9.96. The van der Waals surface area contributed by atoms with Gasteiger partial charge in [0.05, 0.1) is 0 Å². The Morgan fingerprint density at radius 2 is 1.69 bits per heavy atom. The molecule has 0 amide bonds. The zero-order valence-corrected chi connectivity index (χ0v) is 9.28. The highest BCUT2D eigenvalue weighted by Gasteiger charge is 2.01. The molecular weight excluding hydrogens is 156 g/mol. The van der Waals surface area contributed by atoms with Crippen molar-refractivity contribution in [3.05, 3.63) is 47.6 Å². The van der Waals surface area contributed by atoms with Gasteiger partial charge in [0.2, 0.25) is 0 Å². The van der Waals surface area contributed by atoms with Gasteiger partial charge >= 0.3 is 0 Å². The molecule has 0 heteroatoms. The normalized spacial score (nSPS) is 12.9. The molecule has 13 heavy (non-hydrogen) atoms. The van der Waals surface area contributed by atoms with Crippen molar-refractivity contribution in [3.8, 4) is 0 Å². The maximum atomic E-state index is 3.98. The van der Waals surface area contributed by atoms with E-state index >= 15 is 0 Å². The highest BCUT2D eigenvalue weighted by Crippen LogP contribution is 2.21. The lowest BCUT2D eigenvalue weighted by molar-refractivity contribution is 1.10. The van der Waals surface area contributed by atoms with Crippen molar-refractivity contribution in [2.75, 3.05) is 0 Å². The van der Waals surface area contributed by atoms with Crippen molar-refractivity contribution in [1.82, 2.24) is 0 Å². The molecule has 0 radical (unpaired) electrons. The van der Waals surface area contributed by atoms with Gasteiger partial charge in [-0.25, -0.2) is 0 Å². The summed E-state index contributed by atoms with van der Waals surface area (Å²) in [5, 5.41) is 0. The second-order valence-corrected chi connectivity index (χ2v) is 3.58. The monoisotopic (exact) mass is 176 g/mol. The standard InChI is InChI=1S/C13H20/c1-7-8-12(6)13(11(4)5)9-10(2)3/h7-8H,2,4,9H2,1,3,5-6H3/b8-7-,13-12-. The molecule has 0 aromatic heterocycles. The molecule has 0 bridgehead atoms. The Bertz CT molecular complexity index is 262. The van der Waals surface area contributed by atoms with Crippen LogP contribution in [0.3, 0.4) is 0 Å². The lowest BCUT2D eigenvalue weighted by Gasteiger charge is -2.09. The summed E-state index contributed by atoms with van der Waals surface area (Å²) in [4.78, 5) is 0. The van der Waals surface area contributed by atoms with E-state index in [4.69, 9.17) is 0 Å². The van der Waals surface area contributed by atoms with Gasteiger partial charge in [-0.05, 0) is 45.3 Å². The molecule has 0 unspecified atom stereocenters. The predicted octanol–water partition coefficient (Wildman–Crippen LogP) is 4.42. The Hall–Kier alpha value is -1.04. The summed E-state index contributed by atoms with van der Waals surface area (Å²) in [5.41, 5.74) is 4.92. The molecule has 0 heterocycles. The minimum atomic E-state index is 0.936. The Morgan fingerprint density at radius 3 is 2.00 bits per heavy atom. The average Bonchev–Trinajstić information content (AvgIpc) is 1.99. The van der Waals surface area contributed by atoms with Crippen LogP contribution in [-0.4, -0.2) is 0 Å². The number of hydrogen-bond acceptors (Lipinski definition) is 0. The molecule has 0 saturated heterocycles. The topological polar surface area (TPSA) is 0 Å². The van der Waals surface area contributed by atoms with Crippen LogP contribution < -0.4 is 0 Å². The largest absolute Gasteiger partial charge is 0.0998 e. The van der Waals surface area contributed by atoms with Crippen LogP contribution >= 0.6 is 0 Å². The molecule has 72 valence electrons. The van der Waals surface area contributed by atoms with Gasteiger partial charge in [-0.15, -0.1) is 0 Å². The van der Waals surface area contributed by atoms with E-state index in [1.54, 1.807) is 0 Å². The third-order valence-corrected chi connectivity index (χ3v) is 1.89. The first-order chi connectivity index (χ1) is 5.99. The van der Waals surface area contributed by atoms with E-state index in [-0.39, 0.29) is 0 Å². The molecule has 0 aromatic carbocycles. The predicted molar refractivity (Wildman–Crippen MR) is 61.8 cm³/mol. The van der Waals surface area contributed by atoms with Crippen molar-refractivity contribution in [1.29, 1.82) is 0 Å². The molecule has 0 nitrogen and oxygen atoms in total. The molecule has 0 rings (SSSR count). The first kappa shape index (κ1) is 12.0. The maximum absolute atomic E-state index is 3.98. The minimum Gasteiger partial charge on any atom is -0.0998 e. The highest BCUT2D eigenvalue weighted by molar-refractivity contribution is 5.38. The molecule has 0 aliphatic rings. The number of rotatable bonds is 4. The fourth-order valence-corrected chi connectivity index (χ4v) is 1.28.